The van der Waals surface area contributed by atoms with E-state index in [0.717, 1.165) is 0 Å². The van der Waals surface area contributed by atoms with Gasteiger partial charge in [0.2, 0.25) is 0 Å². The Morgan fingerprint density at radius 2 is 2.12 bits per heavy atom. The van der Waals surface area contributed by atoms with Crippen molar-refractivity contribution in [2.24, 2.45) is 5.73 Å². The predicted molar refractivity (Wildman–Crippen MR) is 63.3 cm³/mol. The van der Waals surface area contributed by atoms with Gasteiger partial charge >= 0.3 is 0 Å². The van der Waals surface area contributed by atoms with Gasteiger partial charge in [-0.1, -0.05) is 17.7 Å². The van der Waals surface area contributed by atoms with Crippen molar-refractivity contribution in [1.29, 1.82) is 0 Å². The van der Waals surface area contributed by atoms with E-state index in [1.165, 1.54) is 6.07 Å². The van der Waals surface area contributed by atoms with Crippen LogP contribution in [0.15, 0.2) is 18.2 Å². The van der Waals surface area contributed by atoms with Crippen LogP contribution >= 0.6 is 11.6 Å². The molecule has 1 aromatic carbocycles. The van der Waals surface area contributed by atoms with E-state index in [2.05, 4.69) is 0 Å². The van der Waals surface area contributed by atoms with Gasteiger partial charge in [-0.05, 0) is 19.1 Å². The van der Waals surface area contributed by atoms with Gasteiger partial charge in [0.05, 0.1) is 13.2 Å². The average Bonchev–Trinajstić information content (AvgIpc) is 2.64. The highest BCUT2D eigenvalue weighted by molar-refractivity contribution is 6.31. The molecule has 2 rings (SSSR count). The Morgan fingerprint density at radius 3 is 2.71 bits per heavy atom. The number of rotatable bonds is 3. The number of ether oxygens (including phenoxy) is 2. The molecule has 0 bridgehead atoms. The minimum Gasteiger partial charge on any atom is -0.348 e. The van der Waals surface area contributed by atoms with E-state index >= 15 is 0 Å². The molecule has 1 atom stereocenters. The second-order valence-corrected chi connectivity index (χ2v) is 4.68. The maximum Gasteiger partial charge on any atom is 0.167 e. The molecule has 0 aromatic heterocycles. The molecule has 0 saturated carbocycles. The Labute approximate surface area is 105 Å². The summed E-state index contributed by atoms with van der Waals surface area (Å²) < 4.78 is 24.5. The maximum atomic E-state index is 13.7. The standard InChI is InChI=1S/C12H15ClFNO2/c1-12(16-5-6-17-12)7-10(15)11-8(13)3-2-4-9(11)14/h2-4,10H,5-7,15H2,1H3. The lowest BCUT2D eigenvalue weighted by Crippen LogP contribution is -2.31. The fourth-order valence-corrected chi connectivity index (χ4v) is 2.34. The monoisotopic (exact) mass is 259 g/mol. The van der Waals surface area contributed by atoms with E-state index in [-0.39, 0.29) is 0 Å². The first-order valence-electron chi connectivity index (χ1n) is 5.49. The molecule has 3 nitrogen and oxygen atoms in total. The van der Waals surface area contributed by atoms with Crippen molar-refractivity contribution < 1.29 is 13.9 Å². The highest BCUT2D eigenvalue weighted by Gasteiger charge is 2.34. The molecular formula is C12H15ClFNO2. The summed E-state index contributed by atoms with van der Waals surface area (Å²) in [7, 11) is 0. The van der Waals surface area contributed by atoms with E-state index in [0.29, 0.717) is 30.2 Å². The van der Waals surface area contributed by atoms with Crippen LogP contribution in [0.3, 0.4) is 0 Å². The quantitative estimate of drug-likeness (QED) is 0.908. The molecule has 1 aliphatic rings. The summed E-state index contributed by atoms with van der Waals surface area (Å²) in [6.07, 6.45) is 0.369. The lowest BCUT2D eigenvalue weighted by atomic mass is 9.99. The number of nitrogens with two attached hydrogens (primary N) is 1. The Balaban J connectivity index is 2.17. The van der Waals surface area contributed by atoms with Crippen molar-refractivity contribution in [1.82, 2.24) is 0 Å². The summed E-state index contributed by atoms with van der Waals surface area (Å²) in [4.78, 5) is 0. The van der Waals surface area contributed by atoms with Gasteiger partial charge in [-0.3, -0.25) is 0 Å². The first-order chi connectivity index (χ1) is 8.02. The van der Waals surface area contributed by atoms with Crippen LogP contribution in [0.2, 0.25) is 5.02 Å². The van der Waals surface area contributed by atoms with E-state index in [1.807, 2.05) is 0 Å². The van der Waals surface area contributed by atoms with Crippen LogP contribution in [0.25, 0.3) is 0 Å². The van der Waals surface area contributed by atoms with Gasteiger partial charge in [-0.2, -0.15) is 0 Å². The van der Waals surface area contributed by atoms with Crippen LogP contribution in [0, 0.1) is 5.82 Å². The molecule has 94 valence electrons. The van der Waals surface area contributed by atoms with Crippen molar-refractivity contribution >= 4 is 11.6 Å². The summed E-state index contributed by atoms with van der Waals surface area (Å²) in [5.74, 6) is -1.14. The zero-order valence-electron chi connectivity index (χ0n) is 9.58. The van der Waals surface area contributed by atoms with Gasteiger partial charge < -0.3 is 15.2 Å². The molecule has 1 fully saturated rings. The minimum absolute atomic E-state index is 0.314. The first kappa shape index (κ1) is 12.8. The molecule has 1 aliphatic heterocycles. The lowest BCUT2D eigenvalue weighted by Gasteiger charge is -2.26. The largest absolute Gasteiger partial charge is 0.348 e. The summed E-state index contributed by atoms with van der Waals surface area (Å²) in [5.41, 5.74) is 6.29. The number of benzene rings is 1. The van der Waals surface area contributed by atoms with E-state index in [1.54, 1.807) is 19.1 Å². The summed E-state index contributed by atoms with van der Waals surface area (Å²) in [5, 5.41) is 0.332. The zero-order chi connectivity index (χ0) is 12.5. The van der Waals surface area contributed by atoms with Gasteiger partial charge in [0.15, 0.2) is 5.79 Å². The van der Waals surface area contributed by atoms with Gasteiger partial charge in [0, 0.05) is 23.0 Å². The Bertz CT molecular complexity index is 387. The van der Waals surface area contributed by atoms with Gasteiger partial charge in [-0.15, -0.1) is 0 Å². The van der Waals surface area contributed by atoms with Crippen molar-refractivity contribution in [2.75, 3.05) is 13.2 Å². The smallest absolute Gasteiger partial charge is 0.167 e. The molecule has 1 unspecified atom stereocenters. The van der Waals surface area contributed by atoms with E-state index in [4.69, 9.17) is 26.8 Å². The third-order valence-corrected chi connectivity index (χ3v) is 3.19. The highest BCUT2D eigenvalue weighted by atomic mass is 35.5. The Kier molecular flexibility index (Phi) is 3.68. The molecular weight excluding hydrogens is 245 g/mol. The van der Waals surface area contributed by atoms with Crippen molar-refractivity contribution in [3.05, 3.63) is 34.6 Å². The second kappa shape index (κ2) is 4.90. The molecule has 0 aliphatic carbocycles. The van der Waals surface area contributed by atoms with Crippen LogP contribution in [0.5, 0.6) is 0 Å². The molecule has 1 saturated heterocycles. The SMILES string of the molecule is CC1(CC(N)c2c(F)cccc2Cl)OCCO1. The van der Waals surface area contributed by atoms with Gasteiger partial charge in [0.25, 0.3) is 0 Å². The van der Waals surface area contributed by atoms with Gasteiger partial charge in [-0.25, -0.2) is 4.39 Å². The minimum atomic E-state index is -0.745. The van der Waals surface area contributed by atoms with E-state index < -0.39 is 17.6 Å². The Hall–Kier alpha value is -0.680. The van der Waals surface area contributed by atoms with E-state index in [9.17, 15) is 4.39 Å². The Morgan fingerprint density at radius 1 is 1.47 bits per heavy atom. The highest BCUT2D eigenvalue weighted by Crippen LogP contribution is 2.33. The third kappa shape index (κ3) is 2.77. The predicted octanol–water partition coefficient (Wildman–Crippen LogP) is 2.63. The topological polar surface area (TPSA) is 44.5 Å². The molecule has 0 spiro atoms. The van der Waals surface area contributed by atoms with Gasteiger partial charge in [0.1, 0.15) is 5.82 Å². The molecule has 0 amide bonds. The third-order valence-electron chi connectivity index (χ3n) is 2.86. The summed E-state index contributed by atoms with van der Waals surface area (Å²) in [6.45, 7) is 2.87. The first-order valence-corrected chi connectivity index (χ1v) is 5.87. The maximum absolute atomic E-state index is 13.7. The second-order valence-electron chi connectivity index (χ2n) is 4.28. The molecule has 0 radical (unpaired) electrons. The molecule has 1 heterocycles. The van der Waals surface area contributed by atoms with Crippen LogP contribution in [0.4, 0.5) is 4.39 Å². The van der Waals surface area contributed by atoms with Crippen LogP contribution in [-0.2, 0) is 9.47 Å². The number of halogens is 2. The summed E-state index contributed by atoms with van der Waals surface area (Å²) >= 11 is 5.95. The van der Waals surface area contributed by atoms with Crippen LogP contribution in [-0.4, -0.2) is 19.0 Å². The zero-order valence-corrected chi connectivity index (χ0v) is 10.3. The van der Waals surface area contributed by atoms with Crippen molar-refractivity contribution in [3.63, 3.8) is 0 Å². The fraction of sp³-hybridized carbons (Fsp3) is 0.500. The molecule has 1 aromatic rings. The van der Waals surface area contributed by atoms with Crippen molar-refractivity contribution in [2.45, 2.75) is 25.2 Å². The van der Waals surface area contributed by atoms with Crippen LogP contribution < -0.4 is 5.73 Å². The number of hydrogen-bond donors (Lipinski definition) is 1. The lowest BCUT2D eigenvalue weighted by molar-refractivity contribution is -0.150. The molecule has 17 heavy (non-hydrogen) atoms. The summed E-state index contributed by atoms with van der Waals surface area (Å²) in [6, 6.07) is 3.98. The average molecular weight is 260 g/mol. The normalized spacial score (nSPS) is 20.5. The molecule has 2 N–H and O–H groups in total. The molecule has 5 heteroatoms. The fourth-order valence-electron chi connectivity index (χ4n) is 2.04. The van der Waals surface area contributed by atoms with Crippen LogP contribution in [0.1, 0.15) is 24.9 Å². The van der Waals surface area contributed by atoms with Crippen molar-refractivity contribution in [3.8, 4) is 0 Å². The number of hydrogen-bond acceptors (Lipinski definition) is 3.